The smallest absolute Gasteiger partial charge is 0.444 e. The first kappa shape index (κ1) is 40.1. The SMILES string of the molecule is C.CC(C)(C)OC(=O)N1CCC(C(N)=O)CC1.CC(C)(C)OC(=O)OC(=O)OC(C)(C)C.NC(=O)C1CCNCC1. The maximum absolute atomic E-state index is 11.7. The van der Waals surface area contributed by atoms with Gasteiger partial charge in [0.25, 0.3) is 0 Å². The van der Waals surface area contributed by atoms with Crippen LogP contribution in [0.2, 0.25) is 0 Å². The van der Waals surface area contributed by atoms with Crippen molar-refractivity contribution in [1.29, 1.82) is 0 Å². The summed E-state index contributed by atoms with van der Waals surface area (Å²) in [5.74, 6) is -0.384. The highest BCUT2D eigenvalue weighted by Crippen LogP contribution is 2.19. The molecule has 240 valence electrons. The quantitative estimate of drug-likeness (QED) is 0.240. The molecule has 3 amide bonds. The van der Waals surface area contributed by atoms with E-state index in [2.05, 4.69) is 10.1 Å². The molecule has 41 heavy (non-hydrogen) atoms. The fourth-order valence-corrected chi connectivity index (χ4v) is 3.39. The fourth-order valence-electron chi connectivity index (χ4n) is 3.39. The largest absolute Gasteiger partial charge is 0.519 e. The molecule has 0 unspecified atom stereocenters. The zero-order valence-electron chi connectivity index (χ0n) is 25.6. The summed E-state index contributed by atoms with van der Waals surface area (Å²) >= 11 is 0. The second kappa shape index (κ2) is 17.7. The van der Waals surface area contributed by atoms with E-state index in [9.17, 15) is 24.0 Å². The minimum absolute atomic E-state index is 0. The summed E-state index contributed by atoms with van der Waals surface area (Å²) in [6.07, 6.45) is 0.664. The van der Waals surface area contributed by atoms with Crippen LogP contribution in [0.3, 0.4) is 0 Å². The van der Waals surface area contributed by atoms with Gasteiger partial charge in [0.05, 0.1) is 0 Å². The molecule has 0 aliphatic carbocycles. The van der Waals surface area contributed by atoms with Crippen LogP contribution >= 0.6 is 0 Å². The van der Waals surface area contributed by atoms with Crippen molar-refractivity contribution in [3.63, 3.8) is 0 Å². The van der Waals surface area contributed by atoms with Crippen LogP contribution in [0.25, 0.3) is 0 Å². The number of hydrogen-bond acceptors (Lipinski definition) is 10. The molecule has 0 spiro atoms. The molecule has 2 rings (SSSR count). The number of likely N-dealkylation sites (tertiary alicyclic amines) is 1. The van der Waals surface area contributed by atoms with E-state index < -0.39 is 29.1 Å². The van der Waals surface area contributed by atoms with E-state index in [0.29, 0.717) is 25.9 Å². The Kier molecular flexibility index (Phi) is 17.3. The predicted octanol–water partition coefficient (Wildman–Crippen LogP) is 4.10. The minimum Gasteiger partial charge on any atom is -0.444 e. The zero-order valence-corrected chi connectivity index (χ0v) is 25.6. The summed E-state index contributed by atoms with van der Waals surface area (Å²) in [6.45, 7) is 18.5. The van der Waals surface area contributed by atoms with Gasteiger partial charge in [-0.15, -0.1) is 0 Å². The number of amides is 3. The van der Waals surface area contributed by atoms with Crippen LogP contribution in [0, 0.1) is 11.8 Å². The van der Waals surface area contributed by atoms with Gasteiger partial charge in [0.1, 0.15) is 16.8 Å². The molecule has 2 aliphatic rings. The van der Waals surface area contributed by atoms with E-state index in [-0.39, 0.29) is 37.2 Å². The Morgan fingerprint density at radius 1 is 0.634 bits per heavy atom. The van der Waals surface area contributed by atoms with Crippen LogP contribution in [-0.2, 0) is 28.5 Å². The summed E-state index contributed by atoms with van der Waals surface area (Å²) in [5.41, 5.74) is 8.45. The summed E-state index contributed by atoms with van der Waals surface area (Å²) < 4.78 is 19.0. The van der Waals surface area contributed by atoms with Gasteiger partial charge >= 0.3 is 18.4 Å². The van der Waals surface area contributed by atoms with Crippen molar-refractivity contribution in [1.82, 2.24) is 10.2 Å². The third-order valence-electron chi connectivity index (χ3n) is 5.24. The highest BCUT2D eigenvalue weighted by atomic mass is 16.8. The van der Waals surface area contributed by atoms with Crippen molar-refractivity contribution in [2.75, 3.05) is 26.2 Å². The molecule has 0 saturated carbocycles. The molecule has 0 aromatic carbocycles. The van der Waals surface area contributed by atoms with Gasteiger partial charge in [-0.1, -0.05) is 7.43 Å². The molecule has 0 aromatic heterocycles. The molecule has 2 saturated heterocycles. The monoisotopic (exact) mass is 590 g/mol. The average Bonchev–Trinajstić information content (AvgIpc) is 2.76. The van der Waals surface area contributed by atoms with Crippen molar-refractivity contribution in [3.05, 3.63) is 0 Å². The fraction of sp³-hybridized carbons (Fsp3) is 0.821. The predicted molar refractivity (Wildman–Crippen MR) is 155 cm³/mol. The first-order chi connectivity index (χ1) is 18.1. The third-order valence-corrected chi connectivity index (χ3v) is 5.24. The van der Waals surface area contributed by atoms with Gasteiger partial charge in [0.2, 0.25) is 11.8 Å². The van der Waals surface area contributed by atoms with Gasteiger partial charge in [0.15, 0.2) is 0 Å². The van der Waals surface area contributed by atoms with Gasteiger partial charge < -0.3 is 40.6 Å². The van der Waals surface area contributed by atoms with Crippen LogP contribution in [0.15, 0.2) is 0 Å². The number of nitrogens with two attached hydrogens (primary N) is 2. The van der Waals surface area contributed by atoms with Gasteiger partial charge in [-0.25, -0.2) is 14.4 Å². The standard InChI is InChI=1S/C11H20N2O3.C10H18O5.C6H12N2O.CH4/c1-11(2,3)16-10(15)13-6-4-8(5-7-13)9(12)14;1-9(2,3)14-7(11)13-8(12)15-10(4,5)6;7-6(9)5-1-3-8-4-2-5;/h8H,4-7H2,1-3H3,(H2,12,14);1-6H3;5,8H,1-4H2,(H2,7,9);1H4. The highest BCUT2D eigenvalue weighted by Gasteiger charge is 2.29. The maximum Gasteiger partial charge on any atom is 0.519 e. The lowest BCUT2D eigenvalue weighted by atomic mass is 9.97. The Balaban J connectivity index is 0. The Hall–Kier alpha value is -3.09. The first-order valence-electron chi connectivity index (χ1n) is 13.5. The number of nitrogens with zero attached hydrogens (tertiary/aromatic N) is 1. The second-order valence-electron chi connectivity index (χ2n) is 12.6. The number of primary amides is 2. The van der Waals surface area contributed by atoms with Crippen LogP contribution in [-0.4, -0.2) is 78.1 Å². The van der Waals surface area contributed by atoms with E-state index >= 15 is 0 Å². The van der Waals surface area contributed by atoms with Crippen molar-refractivity contribution in [2.24, 2.45) is 23.3 Å². The Morgan fingerprint density at radius 3 is 1.27 bits per heavy atom. The molecule has 2 aliphatic heterocycles. The Bertz CT molecular complexity index is 818. The van der Waals surface area contributed by atoms with Crippen molar-refractivity contribution in [2.45, 2.75) is 112 Å². The summed E-state index contributed by atoms with van der Waals surface area (Å²) in [7, 11) is 0. The van der Waals surface area contributed by atoms with E-state index in [1.54, 1.807) is 46.4 Å². The van der Waals surface area contributed by atoms with Crippen molar-refractivity contribution >= 4 is 30.2 Å². The Morgan fingerprint density at radius 2 is 0.976 bits per heavy atom. The number of rotatable bonds is 2. The van der Waals surface area contributed by atoms with Gasteiger partial charge in [-0.3, -0.25) is 9.59 Å². The van der Waals surface area contributed by atoms with Crippen LogP contribution in [0.5, 0.6) is 0 Å². The number of carbonyl (C=O) groups excluding carboxylic acids is 5. The van der Waals surface area contributed by atoms with Crippen LogP contribution < -0.4 is 16.8 Å². The number of hydrogen-bond donors (Lipinski definition) is 3. The highest BCUT2D eigenvalue weighted by molar-refractivity contribution is 5.78. The average molecular weight is 591 g/mol. The molecule has 13 nitrogen and oxygen atoms in total. The molecule has 0 bridgehead atoms. The maximum atomic E-state index is 11.7. The van der Waals surface area contributed by atoms with Gasteiger partial charge in [-0.05, 0) is 101 Å². The lowest BCUT2D eigenvalue weighted by Crippen LogP contribution is -2.43. The van der Waals surface area contributed by atoms with E-state index in [1.807, 2.05) is 20.8 Å². The molecule has 5 N–H and O–H groups in total. The lowest BCUT2D eigenvalue weighted by molar-refractivity contribution is -0.123. The van der Waals surface area contributed by atoms with E-state index in [0.717, 1.165) is 25.9 Å². The Labute approximate surface area is 245 Å². The van der Waals surface area contributed by atoms with E-state index in [4.69, 9.17) is 25.7 Å². The summed E-state index contributed by atoms with van der Waals surface area (Å²) in [4.78, 5) is 56.8. The first-order valence-corrected chi connectivity index (χ1v) is 13.5. The van der Waals surface area contributed by atoms with E-state index in [1.165, 1.54) is 0 Å². The molecule has 0 aromatic rings. The van der Waals surface area contributed by atoms with Crippen LogP contribution in [0.1, 0.15) is 95.4 Å². The lowest BCUT2D eigenvalue weighted by Gasteiger charge is -2.32. The minimum atomic E-state index is -1.06. The third kappa shape index (κ3) is 21.3. The normalized spacial score (nSPS) is 16.3. The molecular formula is C28H54N4O9. The topological polar surface area (TPSA) is 190 Å². The van der Waals surface area contributed by atoms with Gasteiger partial charge in [0, 0.05) is 24.9 Å². The number of carbonyl (C=O) groups is 5. The zero-order chi connectivity index (χ0) is 31.3. The molecule has 0 atom stereocenters. The van der Waals surface area contributed by atoms with Gasteiger partial charge in [-0.2, -0.15) is 0 Å². The summed E-state index contributed by atoms with van der Waals surface area (Å²) in [5, 5.41) is 3.16. The van der Waals surface area contributed by atoms with Crippen molar-refractivity contribution in [3.8, 4) is 0 Å². The molecular weight excluding hydrogens is 536 g/mol. The number of ether oxygens (including phenoxy) is 4. The number of piperidine rings is 2. The van der Waals surface area contributed by atoms with Crippen molar-refractivity contribution < 1.29 is 42.9 Å². The second-order valence-corrected chi connectivity index (χ2v) is 12.6. The molecule has 2 fully saturated rings. The number of nitrogens with one attached hydrogen (secondary N) is 1. The molecule has 13 heteroatoms. The summed E-state index contributed by atoms with van der Waals surface area (Å²) in [6, 6.07) is 0. The van der Waals surface area contributed by atoms with Crippen LogP contribution in [0.4, 0.5) is 14.4 Å². The molecule has 0 radical (unpaired) electrons. The molecule has 2 heterocycles.